The largest absolute Gasteiger partial charge is 0.493 e. The summed E-state index contributed by atoms with van der Waals surface area (Å²) < 4.78 is 56.4. The van der Waals surface area contributed by atoms with E-state index in [1.807, 2.05) is 57.2 Å². The maximum atomic E-state index is 14.4. The van der Waals surface area contributed by atoms with Crippen molar-refractivity contribution in [3.8, 4) is 17.2 Å². The van der Waals surface area contributed by atoms with E-state index in [2.05, 4.69) is 70.5 Å². The molecule has 0 spiro atoms. The Balaban J connectivity index is 1.07. The van der Waals surface area contributed by atoms with Gasteiger partial charge < -0.3 is 46.1 Å². The van der Waals surface area contributed by atoms with Crippen LogP contribution < -0.4 is 46.1 Å². The molecule has 5 aromatic rings. The molecule has 2 aliphatic rings. The molecular weight excluding hydrogens is 1200 g/mol. The molecule has 1 saturated heterocycles. The Bertz CT molecular complexity index is 3650. The van der Waals surface area contributed by atoms with E-state index < -0.39 is 74.2 Å². The zero-order chi connectivity index (χ0) is 66.4. The van der Waals surface area contributed by atoms with Gasteiger partial charge in [-0.25, -0.2) is 0 Å². The number of carbonyl (C=O) groups is 8. The van der Waals surface area contributed by atoms with E-state index >= 15 is 0 Å². The maximum absolute atomic E-state index is 14.4. The number of benzene rings is 5. The summed E-state index contributed by atoms with van der Waals surface area (Å²) in [7, 11) is -3.38. The molecule has 0 aliphatic carbocycles. The van der Waals surface area contributed by atoms with E-state index in [4.69, 9.17) is 14.2 Å². The summed E-state index contributed by atoms with van der Waals surface area (Å²) in [5.41, 5.74) is 7.67. The van der Waals surface area contributed by atoms with Crippen molar-refractivity contribution in [1.82, 2.24) is 20.9 Å². The van der Waals surface area contributed by atoms with Gasteiger partial charge in [-0.2, -0.15) is 21.0 Å². The number of imide groups is 1. The standard InChI is InChI=1S/C68H85N7O14S2/c1-38(25-49-19-13-11-17-39(49)2)35-70-55-32-57(41(4)26-53(55)46(9)76)88-36-47-27-48(37-89-59-33-56-54(31-58(59)87-10)64(80)43(6)42(5)52(67(74-56)91(84,85)86)30-50-20-14-12-18-40(50)3)29-51(28-47)73-66(82)45(8)72-65(81)44(7)71-62(78)22-16-15-21-61(77)69-23-24-75-63(79)34-60(90)68(75)83/h11-14,17-20,26-29,31-33,38,42-45,52,60,67,70,74,90H,15-16,21-25,30,34-37H2,1-10H3,(H,69,77)(H,71,78)(H,72,81)(H,73,82)(H,84,85,86)/t38-,42?,43?,44-,45-,52?,60?,67?/m0/s1. The summed E-state index contributed by atoms with van der Waals surface area (Å²) in [6.07, 6.45) is 1.90. The number of thiol groups is 1. The van der Waals surface area contributed by atoms with Crippen LogP contribution >= 0.6 is 12.6 Å². The zero-order valence-electron chi connectivity index (χ0n) is 53.3. The molecule has 23 heteroatoms. The number of Topliss-reactive ketones (excluding diaryl/α,β-unsaturated/α-hetero) is 2. The van der Waals surface area contributed by atoms with Gasteiger partial charge in [-0.1, -0.05) is 69.3 Å². The maximum Gasteiger partial charge on any atom is 0.286 e. The minimum atomic E-state index is -4.78. The normalized spacial score (nSPS) is 18.3. The number of aryl methyl sites for hydroxylation is 3. The molecular formula is C68H85N7O14S2. The Morgan fingerprint density at radius 3 is 1.98 bits per heavy atom. The van der Waals surface area contributed by atoms with Crippen molar-refractivity contribution in [1.29, 1.82) is 0 Å². The number of nitrogens with one attached hydrogen (secondary N) is 6. The van der Waals surface area contributed by atoms with Crippen LogP contribution in [0.4, 0.5) is 17.1 Å². The van der Waals surface area contributed by atoms with Crippen molar-refractivity contribution in [2.45, 2.75) is 143 Å². The van der Waals surface area contributed by atoms with Crippen molar-refractivity contribution in [3.63, 3.8) is 0 Å². The number of hydrogen-bond acceptors (Lipinski definition) is 16. The van der Waals surface area contributed by atoms with Crippen molar-refractivity contribution < 1.29 is 65.5 Å². The minimum Gasteiger partial charge on any atom is -0.493 e. The number of ketones is 2. The average molecular weight is 1290 g/mol. The Morgan fingerprint density at radius 2 is 1.37 bits per heavy atom. The highest BCUT2D eigenvalue weighted by atomic mass is 32.2. The first kappa shape index (κ1) is 70.2. The average Bonchev–Trinajstić information content (AvgIpc) is 1.40. The molecule has 91 heavy (non-hydrogen) atoms. The predicted molar refractivity (Wildman–Crippen MR) is 351 cm³/mol. The van der Waals surface area contributed by atoms with E-state index in [-0.39, 0.29) is 110 Å². The van der Waals surface area contributed by atoms with Crippen LogP contribution in [0.25, 0.3) is 0 Å². The molecule has 488 valence electrons. The van der Waals surface area contributed by atoms with Crippen LogP contribution in [0.15, 0.2) is 91.0 Å². The summed E-state index contributed by atoms with van der Waals surface area (Å²) in [5, 5.41) is 15.1. The number of anilines is 3. The third kappa shape index (κ3) is 18.9. The molecule has 2 aliphatic heterocycles. The number of ether oxygens (including phenoxy) is 3. The van der Waals surface area contributed by atoms with Gasteiger partial charge in [0, 0.05) is 85.4 Å². The van der Waals surface area contributed by atoms with E-state index in [9.17, 15) is 51.3 Å². The molecule has 0 bridgehead atoms. The lowest BCUT2D eigenvalue weighted by molar-refractivity contribution is -0.138. The Labute approximate surface area is 538 Å². The van der Waals surface area contributed by atoms with Gasteiger partial charge in [-0.15, -0.1) is 0 Å². The van der Waals surface area contributed by atoms with Crippen molar-refractivity contribution in [2.75, 3.05) is 42.7 Å². The van der Waals surface area contributed by atoms with Crippen LogP contribution in [0.1, 0.15) is 133 Å². The van der Waals surface area contributed by atoms with Crippen LogP contribution in [-0.4, -0.2) is 114 Å². The fourth-order valence-corrected chi connectivity index (χ4v) is 12.7. The van der Waals surface area contributed by atoms with E-state index in [1.165, 1.54) is 51.1 Å². The number of nitrogens with zero attached hydrogens (tertiary/aromatic N) is 1. The number of methoxy groups -OCH3 is 1. The molecule has 7 rings (SSSR count). The highest BCUT2D eigenvalue weighted by Gasteiger charge is 2.43. The van der Waals surface area contributed by atoms with Crippen molar-refractivity contribution in [2.24, 2.45) is 23.7 Å². The second-order valence-electron chi connectivity index (χ2n) is 24.1. The van der Waals surface area contributed by atoms with Gasteiger partial charge >= 0.3 is 0 Å². The molecule has 0 saturated carbocycles. The summed E-state index contributed by atoms with van der Waals surface area (Å²) in [6, 6.07) is 25.3. The molecule has 0 radical (unpaired) electrons. The first-order valence-electron chi connectivity index (χ1n) is 30.7. The highest BCUT2D eigenvalue weighted by molar-refractivity contribution is 7.86. The fraction of sp³-hybridized carbons (Fsp3) is 0.441. The Hall–Kier alpha value is -8.28. The number of fused-ring (bicyclic) bond motifs is 1. The van der Waals surface area contributed by atoms with Crippen LogP contribution in [0.2, 0.25) is 0 Å². The molecule has 8 atom stereocenters. The lowest BCUT2D eigenvalue weighted by atomic mass is 9.75. The SMILES string of the molecule is COc1cc2c(cc1OCc1cc(COc3cc(NC[C@@H](C)Cc4ccccc4C)c(C(C)=O)cc3C)cc(NC(=O)[C@H](C)NC(=O)[C@H](C)NC(=O)CCCCC(=O)NCCN3C(=O)CC(S)C3=O)c1)NC(S(=O)(=O)O)C(Cc1ccccc1C)C(C)C(C)C2=O. The van der Waals surface area contributed by atoms with Gasteiger partial charge in [-0.3, -0.25) is 47.8 Å². The number of hydrogen-bond donors (Lipinski definition) is 8. The summed E-state index contributed by atoms with van der Waals surface area (Å²) >= 11 is 4.10. The third-order valence-electron chi connectivity index (χ3n) is 16.9. The van der Waals surface area contributed by atoms with Gasteiger partial charge in [0.2, 0.25) is 35.4 Å². The van der Waals surface area contributed by atoms with Gasteiger partial charge in [0.05, 0.1) is 18.0 Å². The Morgan fingerprint density at radius 1 is 0.758 bits per heavy atom. The molecule has 6 amide bonds. The number of carbonyl (C=O) groups excluding carboxylic acids is 8. The predicted octanol–water partition coefficient (Wildman–Crippen LogP) is 8.91. The first-order valence-corrected chi connectivity index (χ1v) is 32.7. The van der Waals surface area contributed by atoms with Crippen LogP contribution in [0.3, 0.4) is 0 Å². The van der Waals surface area contributed by atoms with Crippen molar-refractivity contribution >= 4 is 86.8 Å². The molecule has 2 heterocycles. The summed E-state index contributed by atoms with van der Waals surface area (Å²) in [4.78, 5) is 105. The van der Waals surface area contributed by atoms with Crippen LogP contribution in [-0.2, 0) is 64.9 Å². The molecule has 7 N–H and O–H groups in total. The fourth-order valence-electron chi connectivity index (χ4n) is 11.3. The number of unbranched alkanes of at least 4 members (excludes halogenated alkanes) is 1. The second kappa shape index (κ2) is 31.6. The summed E-state index contributed by atoms with van der Waals surface area (Å²) in [6.45, 7) is 16.5. The Kier molecular flexibility index (Phi) is 24.4. The topological polar surface area (TPSA) is 294 Å². The van der Waals surface area contributed by atoms with Crippen LogP contribution in [0, 0.1) is 44.4 Å². The zero-order valence-corrected chi connectivity index (χ0v) is 55.0. The van der Waals surface area contributed by atoms with Gasteiger partial charge in [-0.05, 0) is 148 Å². The van der Waals surface area contributed by atoms with E-state index in [0.717, 1.165) is 22.4 Å². The van der Waals surface area contributed by atoms with Gasteiger partial charge in [0.1, 0.15) is 31.0 Å². The first-order chi connectivity index (χ1) is 43.1. The lowest BCUT2D eigenvalue weighted by Crippen LogP contribution is -2.50. The number of likely N-dealkylation sites (tertiary alicyclic amines) is 1. The van der Waals surface area contributed by atoms with Crippen molar-refractivity contribution in [3.05, 3.63) is 141 Å². The smallest absolute Gasteiger partial charge is 0.286 e. The summed E-state index contributed by atoms with van der Waals surface area (Å²) in [5.74, 6) is -4.07. The number of amides is 6. The number of rotatable bonds is 29. The molecule has 1 fully saturated rings. The van der Waals surface area contributed by atoms with E-state index in [1.54, 1.807) is 37.3 Å². The molecule has 5 unspecified atom stereocenters. The van der Waals surface area contributed by atoms with Gasteiger partial charge in [0.15, 0.2) is 28.4 Å². The second-order valence-corrected chi connectivity index (χ2v) is 26.2. The lowest BCUT2D eigenvalue weighted by Gasteiger charge is -2.37. The van der Waals surface area contributed by atoms with E-state index in [0.29, 0.717) is 53.1 Å². The third-order valence-corrected chi connectivity index (χ3v) is 18.4. The molecule has 0 aromatic heterocycles. The minimum absolute atomic E-state index is 0.0149. The molecule has 5 aromatic carbocycles. The highest BCUT2D eigenvalue weighted by Crippen LogP contribution is 2.42. The van der Waals surface area contributed by atoms with Gasteiger partial charge in [0.25, 0.3) is 10.1 Å². The quantitative estimate of drug-likeness (QED) is 0.00729. The monoisotopic (exact) mass is 1290 g/mol. The molecule has 21 nitrogen and oxygen atoms in total. The van der Waals surface area contributed by atoms with Crippen LogP contribution in [0.5, 0.6) is 17.2 Å².